The lowest BCUT2D eigenvalue weighted by molar-refractivity contribution is -0.120. The van der Waals surface area contributed by atoms with Crippen LogP contribution in [0.4, 0.5) is 5.69 Å². The van der Waals surface area contributed by atoms with Gasteiger partial charge in [-0.05, 0) is 31.0 Å². The molecule has 0 bridgehead atoms. The first-order valence-electron chi connectivity index (χ1n) is 5.87. The Morgan fingerprint density at radius 1 is 1.56 bits per heavy atom. The van der Waals surface area contributed by atoms with E-state index in [0.29, 0.717) is 0 Å². The standard InChI is InChI=1S/C13H18N2O2S/c1-14-10(8-18-3)9-4-5-12-11(6-9)15(2)13(16)7-17-12/h4-6,10,14H,7-8H2,1-3H3. The van der Waals surface area contributed by atoms with E-state index in [0.717, 1.165) is 17.2 Å². The second-order valence-corrected chi connectivity index (χ2v) is 5.18. The summed E-state index contributed by atoms with van der Waals surface area (Å²) < 4.78 is 5.42. The van der Waals surface area contributed by atoms with Crippen LogP contribution in [0.25, 0.3) is 0 Å². The summed E-state index contributed by atoms with van der Waals surface area (Å²) in [6, 6.07) is 6.32. The number of anilines is 1. The summed E-state index contributed by atoms with van der Waals surface area (Å²) in [5.74, 6) is 1.76. The lowest BCUT2D eigenvalue weighted by Crippen LogP contribution is -2.35. The van der Waals surface area contributed by atoms with E-state index in [4.69, 9.17) is 4.74 Å². The van der Waals surface area contributed by atoms with Crippen molar-refractivity contribution in [1.29, 1.82) is 0 Å². The van der Waals surface area contributed by atoms with Gasteiger partial charge < -0.3 is 15.0 Å². The van der Waals surface area contributed by atoms with Gasteiger partial charge in [0, 0.05) is 18.8 Å². The summed E-state index contributed by atoms with van der Waals surface area (Å²) >= 11 is 1.79. The molecular formula is C13H18N2O2S. The van der Waals surface area contributed by atoms with Gasteiger partial charge >= 0.3 is 0 Å². The molecule has 2 rings (SSSR count). The highest BCUT2D eigenvalue weighted by atomic mass is 32.2. The van der Waals surface area contributed by atoms with Crippen LogP contribution >= 0.6 is 11.8 Å². The zero-order chi connectivity index (χ0) is 13.1. The number of nitrogens with zero attached hydrogens (tertiary/aromatic N) is 1. The number of rotatable bonds is 4. The van der Waals surface area contributed by atoms with Gasteiger partial charge in [-0.3, -0.25) is 4.79 Å². The number of benzene rings is 1. The zero-order valence-electron chi connectivity index (χ0n) is 10.9. The van der Waals surface area contributed by atoms with Gasteiger partial charge in [0.15, 0.2) is 6.61 Å². The second-order valence-electron chi connectivity index (χ2n) is 4.27. The summed E-state index contributed by atoms with van der Waals surface area (Å²) in [6.07, 6.45) is 2.08. The maximum absolute atomic E-state index is 11.6. The SMILES string of the molecule is CNC(CSC)c1ccc2c(c1)N(C)C(=O)CO2. The van der Waals surface area contributed by atoms with Gasteiger partial charge in [0.2, 0.25) is 0 Å². The van der Waals surface area contributed by atoms with Crippen molar-refractivity contribution in [2.45, 2.75) is 6.04 Å². The van der Waals surface area contributed by atoms with Crippen molar-refractivity contribution in [3.63, 3.8) is 0 Å². The normalized spacial score (nSPS) is 16.2. The monoisotopic (exact) mass is 266 g/mol. The molecule has 0 fully saturated rings. The molecular weight excluding hydrogens is 248 g/mol. The predicted molar refractivity (Wildman–Crippen MR) is 75.5 cm³/mol. The first kappa shape index (κ1) is 13.2. The van der Waals surface area contributed by atoms with Crippen molar-refractivity contribution in [3.8, 4) is 5.75 Å². The number of nitrogens with one attached hydrogen (secondary N) is 1. The zero-order valence-corrected chi connectivity index (χ0v) is 11.7. The molecule has 0 aliphatic carbocycles. The van der Waals surface area contributed by atoms with E-state index in [1.165, 1.54) is 5.56 Å². The van der Waals surface area contributed by atoms with Gasteiger partial charge in [-0.15, -0.1) is 0 Å². The van der Waals surface area contributed by atoms with Gasteiger partial charge in [0.25, 0.3) is 5.91 Å². The van der Waals surface area contributed by atoms with Gasteiger partial charge in [0.05, 0.1) is 5.69 Å². The number of likely N-dealkylation sites (N-methyl/N-ethyl adjacent to an activating group) is 1. The fourth-order valence-electron chi connectivity index (χ4n) is 2.02. The van der Waals surface area contributed by atoms with Gasteiger partial charge in [0.1, 0.15) is 5.75 Å². The van der Waals surface area contributed by atoms with Crippen LogP contribution in [0.3, 0.4) is 0 Å². The largest absolute Gasteiger partial charge is 0.482 e. The quantitative estimate of drug-likeness (QED) is 0.900. The Morgan fingerprint density at radius 3 is 3.00 bits per heavy atom. The van der Waals surface area contributed by atoms with E-state index in [1.807, 2.05) is 19.2 Å². The fourth-order valence-corrected chi connectivity index (χ4v) is 2.71. The third kappa shape index (κ3) is 2.47. The maximum Gasteiger partial charge on any atom is 0.264 e. The van der Waals surface area contributed by atoms with Crippen molar-refractivity contribution < 1.29 is 9.53 Å². The molecule has 0 saturated carbocycles. The predicted octanol–water partition coefficient (Wildman–Crippen LogP) is 1.67. The van der Waals surface area contributed by atoms with E-state index in [9.17, 15) is 4.79 Å². The Kier molecular flexibility index (Phi) is 4.14. The summed E-state index contributed by atoms with van der Waals surface area (Å²) in [4.78, 5) is 13.3. The van der Waals surface area contributed by atoms with E-state index in [2.05, 4.69) is 17.6 Å². The molecule has 0 radical (unpaired) electrons. The Morgan fingerprint density at radius 2 is 2.33 bits per heavy atom. The molecule has 5 heteroatoms. The van der Waals surface area contributed by atoms with Crippen molar-refractivity contribution >= 4 is 23.4 Å². The molecule has 1 unspecified atom stereocenters. The minimum Gasteiger partial charge on any atom is -0.482 e. The van der Waals surface area contributed by atoms with Gasteiger partial charge in [-0.1, -0.05) is 6.07 Å². The van der Waals surface area contributed by atoms with Crippen LogP contribution in [0.2, 0.25) is 0 Å². The van der Waals surface area contributed by atoms with E-state index in [-0.39, 0.29) is 18.6 Å². The number of ether oxygens (including phenoxy) is 1. The average molecular weight is 266 g/mol. The highest BCUT2D eigenvalue weighted by Gasteiger charge is 2.23. The van der Waals surface area contributed by atoms with Crippen molar-refractivity contribution in [1.82, 2.24) is 5.32 Å². The molecule has 18 heavy (non-hydrogen) atoms. The van der Waals surface area contributed by atoms with Crippen molar-refractivity contribution in [2.75, 3.05) is 37.6 Å². The molecule has 1 atom stereocenters. The third-order valence-corrected chi connectivity index (χ3v) is 3.82. The summed E-state index contributed by atoms with van der Waals surface area (Å²) in [7, 11) is 3.74. The Hall–Kier alpha value is -1.20. The Bertz CT molecular complexity index is 451. The first-order valence-corrected chi connectivity index (χ1v) is 7.26. The van der Waals surface area contributed by atoms with E-state index >= 15 is 0 Å². The van der Waals surface area contributed by atoms with E-state index in [1.54, 1.807) is 23.7 Å². The highest BCUT2D eigenvalue weighted by molar-refractivity contribution is 7.98. The first-order chi connectivity index (χ1) is 8.67. The average Bonchev–Trinajstić information content (AvgIpc) is 2.40. The smallest absolute Gasteiger partial charge is 0.264 e. The Balaban J connectivity index is 2.33. The molecule has 0 saturated heterocycles. The number of carbonyl (C=O) groups is 1. The molecule has 4 nitrogen and oxygen atoms in total. The highest BCUT2D eigenvalue weighted by Crippen LogP contribution is 2.33. The molecule has 1 aliphatic rings. The van der Waals surface area contributed by atoms with Crippen molar-refractivity contribution in [3.05, 3.63) is 23.8 Å². The van der Waals surface area contributed by atoms with Crippen LogP contribution in [-0.2, 0) is 4.79 Å². The maximum atomic E-state index is 11.6. The number of thioether (sulfide) groups is 1. The lowest BCUT2D eigenvalue weighted by atomic mass is 10.1. The molecule has 1 heterocycles. The van der Waals surface area contributed by atoms with Crippen LogP contribution in [0, 0.1) is 0 Å². The molecule has 0 spiro atoms. The summed E-state index contributed by atoms with van der Waals surface area (Å²) in [5, 5.41) is 3.29. The van der Waals surface area contributed by atoms with Crippen LogP contribution in [0.5, 0.6) is 5.75 Å². The van der Waals surface area contributed by atoms with Crippen LogP contribution in [0.1, 0.15) is 11.6 Å². The van der Waals surface area contributed by atoms with Gasteiger partial charge in [-0.25, -0.2) is 0 Å². The number of amides is 1. The number of hydrogen-bond donors (Lipinski definition) is 1. The molecule has 1 aliphatic heterocycles. The lowest BCUT2D eigenvalue weighted by Gasteiger charge is -2.27. The van der Waals surface area contributed by atoms with Crippen molar-refractivity contribution in [2.24, 2.45) is 0 Å². The second kappa shape index (κ2) is 5.63. The summed E-state index contributed by atoms with van der Waals surface area (Å²) in [6.45, 7) is 0.128. The topological polar surface area (TPSA) is 41.6 Å². The number of hydrogen-bond acceptors (Lipinski definition) is 4. The van der Waals surface area contributed by atoms with Crippen LogP contribution in [-0.4, -0.2) is 38.6 Å². The number of carbonyl (C=O) groups excluding carboxylic acids is 1. The molecule has 1 amide bonds. The third-order valence-electron chi connectivity index (χ3n) is 3.15. The molecule has 98 valence electrons. The fraction of sp³-hybridized carbons (Fsp3) is 0.462. The van der Waals surface area contributed by atoms with Gasteiger partial charge in [-0.2, -0.15) is 11.8 Å². The minimum absolute atomic E-state index is 0.00877. The molecule has 1 aromatic carbocycles. The molecule has 0 aromatic heterocycles. The number of fused-ring (bicyclic) bond motifs is 1. The minimum atomic E-state index is -0.00877. The van der Waals surface area contributed by atoms with E-state index < -0.39 is 0 Å². The molecule has 1 aromatic rings. The van der Waals surface area contributed by atoms with Crippen LogP contribution < -0.4 is 15.0 Å². The Labute approximate surface area is 112 Å². The van der Waals surface area contributed by atoms with Crippen LogP contribution in [0.15, 0.2) is 18.2 Å². The summed E-state index contributed by atoms with van der Waals surface area (Å²) in [5.41, 5.74) is 2.03. The molecule has 1 N–H and O–H groups in total.